The molecule has 14 heavy (non-hydrogen) atoms. The molecule has 0 aliphatic rings. The van der Waals surface area contributed by atoms with Crippen LogP contribution >= 0.6 is 7.75 Å². The van der Waals surface area contributed by atoms with Crippen LogP contribution in [0.1, 0.15) is 0 Å². The molecule has 0 aromatic carbocycles. The summed E-state index contributed by atoms with van der Waals surface area (Å²) in [7, 11) is -9.40. The Kier molecular flexibility index (Phi) is 4.49. The highest BCUT2D eigenvalue weighted by atomic mass is 32.2. The van der Waals surface area contributed by atoms with Crippen molar-refractivity contribution in [2.24, 2.45) is 5.73 Å². The van der Waals surface area contributed by atoms with Gasteiger partial charge in [0.15, 0.2) is 0 Å². The second kappa shape index (κ2) is 4.71. The van der Waals surface area contributed by atoms with Crippen LogP contribution in [0.15, 0.2) is 0 Å². The van der Waals surface area contributed by atoms with E-state index < -0.39 is 29.6 Å². The third-order valence-corrected chi connectivity index (χ3v) is 2.14. The second-order valence-electron chi connectivity index (χ2n) is 2.21. The Labute approximate surface area is 80.0 Å². The number of nitrogens with one attached hydrogen (secondary N) is 2. The van der Waals surface area contributed by atoms with E-state index in [2.05, 4.69) is 0 Å². The molecule has 9 nitrogen and oxygen atoms in total. The molecule has 4 N–H and O–H groups in total. The maximum absolute atomic E-state index is 10.1. The van der Waals surface area contributed by atoms with Gasteiger partial charge >= 0.3 is 5.96 Å². The number of hydrogen-bond acceptors (Lipinski definition) is 6. The van der Waals surface area contributed by atoms with Crippen LogP contribution in [0.5, 0.6) is 0 Å². The molecule has 0 radical (unpaired) electrons. The molecule has 0 aromatic rings. The van der Waals surface area contributed by atoms with E-state index in [1.54, 1.807) is 0 Å². The number of rotatable bonds is 4. The quantitative estimate of drug-likeness (QED) is 0.190. The Balaban J connectivity index is 4.09. The first-order valence-electron chi connectivity index (χ1n) is 3.20. The molecular weight excluding hydrogens is 237 g/mol. The van der Waals surface area contributed by atoms with Gasteiger partial charge in [0, 0.05) is 0 Å². The monoisotopic (exact) mass is 245 g/mol. The number of guanidine groups is 1. The van der Waals surface area contributed by atoms with Crippen molar-refractivity contribution in [2.45, 2.75) is 0 Å². The van der Waals surface area contributed by atoms with E-state index in [1.807, 2.05) is 4.99 Å². The lowest BCUT2D eigenvalue weighted by molar-refractivity contribution is -0.454. The molecule has 0 bridgehead atoms. The van der Waals surface area contributed by atoms with Crippen LogP contribution in [-0.4, -0.2) is 31.2 Å². The van der Waals surface area contributed by atoms with Crippen molar-refractivity contribution in [1.29, 1.82) is 0 Å². The third kappa shape index (κ3) is 9.42. The van der Waals surface area contributed by atoms with E-state index in [0.717, 1.165) is 0 Å². The largest absolute Gasteiger partial charge is 0.783 e. The Hall–Kier alpha value is -0.670. The molecule has 0 saturated heterocycles. The van der Waals surface area contributed by atoms with Gasteiger partial charge < -0.3 is 18.9 Å². The summed E-state index contributed by atoms with van der Waals surface area (Å²) < 4.78 is 40.2. The second-order valence-corrected chi connectivity index (χ2v) is 4.95. The summed E-state index contributed by atoms with van der Waals surface area (Å²) in [6.07, 6.45) is 0. The molecule has 0 aliphatic carbocycles. The Morgan fingerprint density at radius 2 is 2.00 bits per heavy atom. The van der Waals surface area contributed by atoms with Crippen LogP contribution in [0.3, 0.4) is 0 Å². The lowest BCUT2D eigenvalue weighted by Gasteiger charge is -2.25. The van der Waals surface area contributed by atoms with Crippen molar-refractivity contribution in [1.82, 2.24) is 5.09 Å². The summed E-state index contributed by atoms with van der Waals surface area (Å²) in [5.74, 6) is -1.39. The van der Waals surface area contributed by atoms with E-state index in [9.17, 15) is 27.3 Å². The molecule has 0 fully saturated rings. The minimum Gasteiger partial charge on any atom is -0.783 e. The van der Waals surface area contributed by atoms with Crippen molar-refractivity contribution in [2.75, 3.05) is 12.3 Å². The summed E-state index contributed by atoms with van der Waals surface area (Å²) >= 11 is 0. The first-order chi connectivity index (χ1) is 6.10. The van der Waals surface area contributed by atoms with Crippen molar-refractivity contribution in [3.8, 4) is 0 Å². The zero-order valence-electron chi connectivity index (χ0n) is 6.80. The summed E-state index contributed by atoms with van der Waals surface area (Å²) in [6, 6.07) is 0. The van der Waals surface area contributed by atoms with Crippen molar-refractivity contribution < 1.29 is 32.3 Å². The van der Waals surface area contributed by atoms with E-state index in [4.69, 9.17) is 5.73 Å². The molecule has 0 spiro atoms. The van der Waals surface area contributed by atoms with Crippen LogP contribution in [0.25, 0.3) is 0 Å². The maximum Gasteiger partial charge on any atom is 0.344 e. The molecule has 0 saturated carbocycles. The Morgan fingerprint density at radius 1 is 1.50 bits per heavy atom. The topological polar surface area (TPSA) is 172 Å². The maximum atomic E-state index is 10.1. The van der Waals surface area contributed by atoms with Crippen LogP contribution in [0.4, 0.5) is 0 Å². The van der Waals surface area contributed by atoms with Crippen LogP contribution in [-0.2, 0) is 14.7 Å². The van der Waals surface area contributed by atoms with Crippen molar-refractivity contribution in [3.63, 3.8) is 0 Å². The smallest absolute Gasteiger partial charge is 0.344 e. The average Bonchev–Trinajstić information content (AvgIpc) is 1.78. The zero-order valence-corrected chi connectivity index (χ0v) is 8.51. The summed E-state index contributed by atoms with van der Waals surface area (Å²) in [5, 5.41) is 1.34. The van der Waals surface area contributed by atoms with Gasteiger partial charge in [-0.25, -0.2) is 8.42 Å². The van der Waals surface area contributed by atoms with E-state index in [1.165, 1.54) is 5.09 Å². The molecule has 11 heteroatoms. The minimum atomic E-state index is -5.00. The van der Waals surface area contributed by atoms with Gasteiger partial charge in [0.05, 0.1) is 30.2 Å². The van der Waals surface area contributed by atoms with Gasteiger partial charge in [-0.1, -0.05) is 0 Å². The van der Waals surface area contributed by atoms with Gasteiger partial charge in [-0.2, -0.15) is 0 Å². The molecule has 0 aromatic heterocycles. The highest BCUT2D eigenvalue weighted by Crippen LogP contribution is 2.12. The molecule has 0 atom stereocenters. The van der Waals surface area contributed by atoms with Crippen molar-refractivity contribution >= 4 is 23.8 Å². The molecule has 0 aliphatic heterocycles. The molecular formula is C3H8N3O6PS-2. The lowest BCUT2D eigenvalue weighted by atomic mass is 10.8. The minimum absolute atomic E-state index is 0.384. The predicted octanol–water partition coefficient (Wildman–Crippen LogP) is -5.65. The predicted molar refractivity (Wildman–Crippen MR) is 40.3 cm³/mol. The molecule has 0 heterocycles. The van der Waals surface area contributed by atoms with Gasteiger partial charge in [0.1, 0.15) is 0 Å². The van der Waals surface area contributed by atoms with E-state index in [0.29, 0.717) is 0 Å². The number of hydrogen-bond donors (Lipinski definition) is 3. The van der Waals surface area contributed by atoms with E-state index >= 15 is 0 Å². The first kappa shape index (κ1) is 13.3. The van der Waals surface area contributed by atoms with Gasteiger partial charge in [0.25, 0.3) is 0 Å². The SMILES string of the molecule is NC(NP(=O)([O-])[O-])=[NH+]CCS(=O)(=O)[O-]. The van der Waals surface area contributed by atoms with Gasteiger partial charge in [-0.3, -0.25) is 15.8 Å². The van der Waals surface area contributed by atoms with E-state index in [-0.39, 0.29) is 6.54 Å². The first-order valence-corrected chi connectivity index (χ1v) is 6.32. The Bertz CT molecular complexity index is 357. The molecule has 84 valence electrons. The fourth-order valence-electron chi connectivity index (χ4n) is 0.498. The molecule has 0 amide bonds. The highest BCUT2D eigenvalue weighted by molar-refractivity contribution is 7.85. The normalized spacial score (nSPS) is 14.1. The van der Waals surface area contributed by atoms with Crippen LogP contribution in [0.2, 0.25) is 0 Å². The fourth-order valence-corrected chi connectivity index (χ4v) is 1.22. The van der Waals surface area contributed by atoms with Crippen LogP contribution < -0.4 is 25.6 Å². The average molecular weight is 245 g/mol. The molecule has 0 rings (SSSR count). The summed E-state index contributed by atoms with van der Waals surface area (Å²) in [5.41, 5.74) is 4.91. The lowest BCUT2D eigenvalue weighted by Crippen LogP contribution is -2.79. The summed E-state index contributed by atoms with van der Waals surface area (Å²) in [4.78, 5) is 22.1. The zero-order chi connectivity index (χ0) is 11.4. The number of nitrogens with two attached hydrogens (primary N) is 1. The van der Waals surface area contributed by atoms with Gasteiger partial charge in [-0.05, 0) is 0 Å². The van der Waals surface area contributed by atoms with Crippen LogP contribution in [0, 0.1) is 0 Å². The molecule has 0 unspecified atom stereocenters. The Morgan fingerprint density at radius 3 is 2.36 bits per heavy atom. The fraction of sp³-hybridized carbons (Fsp3) is 0.667. The highest BCUT2D eigenvalue weighted by Gasteiger charge is 2.01. The van der Waals surface area contributed by atoms with Crippen molar-refractivity contribution in [3.05, 3.63) is 0 Å². The van der Waals surface area contributed by atoms with Gasteiger partial charge in [0.2, 0.25) is 0 Å². The summed E-state index contributed by atoms with van der Waals surface area (Å²) in [6.45, 7) is -0.384. The third-order valence-electron chi connectivity index (χ3n) is 0.925. The standard InChI is InChI=1S/C3H10N3O6PS/c4-3(6-13(7,8)9)5-1-2-14(10,11)12/h1-2H2,(H,10,11,12)(H5,4,5,6,7,8,9)/p-2. The van der Waals surface area contributed by atoms with Gasteiger partial charge in [-0.15, -0.1) is 0 Å².